The van der Waals surface area contributed by atoms with Crippen LogP contribution in [0.1, 0.15) is 18.5 Å². The molecule has 0 aliphatic rings. The van der Waals surface area contributed by atoms with Crippen molar-refractivity contribution in [3.63, 3.8) is 0 Å². The van der Waals surface area contributed by atoms with E-state index in [1.807, 2.05) is 6.92 Å². The van der Waals surface area contributed by atoms with Crippen molar-refractivity contribution >= 4 is 5.97 Å². The lowest BCUT2D eigenvalue weighted by molar-refractivity contribution is -0.138. The third-order valence-corrected chi connectivity index (χ3v) is 1.60. The molecule has 0 aromatic carbocycles. The molecule has 1 aromatic heterocycles. The van der Waals surface area contributed by atoms with Crippen LogP contribution in [0.2, 0.25) is 0 Å². The Morgan fingerprint density at radius 1 is 1.92 bits per heavy atom. The lowest BCUT2D eigenvalue weighted by atomic mass is 10.2. The minimum Gasteiger partial charge on any atom is -0.480 e. The van der Waals surface area contributed by atoms with Gasteiger partial charge in [0, 0.05) is 18.3 Å². The van der Waals surface area contributed by atoms with Crippen molar-refractivity contribution in [3.8, 4) is 0 Å². The maximum atomic E-state index is 10.4. The number of carboxylic acids is 1. The van der Waals surface area contributed by atoms with Crippen LogP contribution in [0.15, 0.2) is 12.4 Å². The van der Waals surface area contributed by atoms with Crippen molar-refractivity contribution in [2.24, 2.45) is 5.73 Å². The van der Waals surface area contributed by atoms with Gasteiger partial charge in [-0.25, -0.2) is 0 Å². The average molecular weight is 169 g/mol. The molecule has 1 rings (SSSR count). The highest BCUT2D eigenvalue weighted by Crippen LogP contribution is 2.08. The highest BCUT2D eigenvalue weighted by atomic mass is 16.4. The van der Waals surface area contributed by atoms with Crippen molar-refractivity contribution in [1.29, 1.82) is 0 Å². The Morgan fingerprint density at radius 3 is 3.00 bits per heavy atom. The molecular weight excluding hydrogens is 158 g/mol. The normalized spacial score (nSPS) is 12.8. The van der Waals surface area contributed by atoms with Gasteiger partial charge in [-0.05, 0) is 6.92 Å². The van der Waals surface area contributed by atoms with E-state index in [-0.39, 0.29) is 0 Å². The zero-order valence-corrected chi connectivity index (χ0v) is 6.77. The van der Waals surface area contributed by atoms with Crippen LogP contribution < -0.4 is 5.73 Å². The molecule has 1 heterocycles. The number of aromatic nitrogens is 2. The SMILES string of the molecule is CCn1cc(C(N)C(=O)O)cn1. The van der Waals surface area contributed by atoms with Crippen LogP contribution in [-0.2, 0) is 11.3 Å². The Morgan fingerprint density at radius 2 is 2.58 bits per heavy atom. The molecule has 0 amide bonds. The summed E-state index contributed by atoms with van der Waals surface area (Å²) in [6.07, 6.45) is 3.11. The Labute approximate surface area is 69.8 Å². The number of carbonyl (C=O) groups is 1. The molecule has 0 spiro atoms. The Balaban J connectivity index is 2.81. The van der Waals surface area contributed by atoms with Gasteiger partial charge in [0.05, 0.1) is 6.20 Å². The topological polar surface area (TPSA) is 81.1 Å². The molecule has 0 saturated heterocycles. The fourth-order valence-corrected chi connectivity index (χ4v) is 0.856. The molecule has 1 atom stereocenters. The fourth-order valence-electron chi connectivity index (χ4n) is 0.856. The molecule has 1 aromatic rings. The van der Waals surface area contributed by atoms with E-state index in [1.165, 1.54) is 6.20 Å². The van der Waals surface area contributed by atoms with Gasteiger partial charge in [-0.3, -0.25) is 9.48 Å². The monoisotopic (exact) mass is 169 g/mol. The van der Waals surface area contributed by atoms with Gasteiger partial charge in [-0.15, -0.1) is 0 Å². The first-order valence-electron chi connectivity index (χ1n) is 3.66. The van der Waals surface area contributed by atoms with Gasteiger partial charge in [-0.1, -0.05) is 0 Å². The minimum atomic E-state index is -1.04. The third-order valence-electron chi connectivity index (χ3n) is 1.60. The largest absolute Gasteiger partial charge is 0.480 e. The van der Waals surface area contributed by atoms with Gasteiger partial charge in [0.25, 0.3) is 0 Å². The van der Waals surface area contributed by atoms with Crippen LogP contribution in [0.3, 0.4) is 0 Å². The second-order valence-corrected chi connectivity index (χ2v) is 2.45. The Bertz CT molecular complexity index is 282. The summed E-state index contributed by atoms with van der Waals surface area (Å²) in [7, 11) is 0. The molecule has 0 fully saturated rings. The van der Waals surface area contributed by atoms with E-state index in [0.29, 0.717) is 12.1 Å². The van der Waals surface area contributed by atoms with Gasteiger partial charge in [0.15, 0.2) is 0 Å². The predicted molar refractivity (Wildman–Crippen MR) is 42.5 cm³/mol. The van der Waals surface area contributed by atoms with Crippen LogP contribution in [-0.4, -0.2) is 20.9 Å². The van der Waals surface area contributed by atoms with Gasteiger partial charge < -0.3 is 10.8 Å². The number of rotatable bonds is 3. The third kappa shape index (κ3) is 1.62. The molecule has 1 unspecified atom stereocenters. The smallest absolute Gasteiger partial charge is 0.325 e. The zero-order chi connectivity index (χ0) is 9.14. The molecule has 0 bridgehead atoms. The summed E-state index contributed by atoms with van der Waals surface area (Å²) in [6, 6.07) is -0.967. The number of hydrogen-bond donors (Lipinski definition) is 2. The van der Waals surface area contributed by atoms with E-state index in [0.717, 1.165) is 0 Å². The molecule has 12 heavy (non-hydrogen) atoms. The first kappa shape index (κ1) is 8.73. The number of nitrogens with zero attached hydrogens (tertiary/aromatic N) is 2. The van der Waals surface area contributed by atoms with Crippen molar-refractivity contribution in [2.45, 2.75) is 19.5 Å². The molecule has 5 nitrogen and oxygen atoms in total. The van der Waals surface area contributed by atoms with Crippen molar-refractivity contribution in [2.75, 3.05) is 0 Å². The van der Waals surface area contributed by atoms with E-state index >= 15 is 0 Å². The van der Waals surface area contributed by atoms with E-state index in [4.69, 9.17) is 10.8 Å². The summed E-state index contributed by atoms with van der Waals surface area (Å²) in [5.74, 6) is -1.04. The van der Waals surface area contributed by atoms with Crippen LogP contribution in [0, 0.1) is 0 Å². The lowest BCUT2D eigenvalue weighted by Gasteiger charge is -2.00. The number of nitrogens with two attached hydrogens (primary N) is 1. The summed E-state index contributed by atoms with van der Waals surface area (Å²) < 4.78 is 1.64. The number of aliphatic carboxylic acids is 1. The molecule has 3 N–H and O–H groups in total. The summed E-state index contributed by atoms with van der Waals surface area (Å²) in [4.78, 5) is 10.4. The zero-order valence-electron chi connectivity index (χ0n) is 6.77. The highest BCUT2D eigenvalue weighted by Gasteiger charge is 2.15. The predicted octanol–water partition coefficient (Wildman–Crippen LogP) is -0.0126. The van der Waals surface area contributed by atoms with Crippen molar-refractivity contribution < 1.29 is 9.90 Å². The average Bonchev–Trinajstić information content (AvgIpc) is 2.50. The van der Waals surface area contributed by atoms with Gasteiger partial charge in [0.2, 0.25) is 0 Å². The van der Waals surface area contributed by atoms with Crippen LogP contribution >= 0.6 is 0 Å². The quantitative estimate of drug-likeness (QED) is 0.666. The van der Waals surface area contributed by atoms with Gasteiger partial charge in [-0.2, -0.15) is 5.10 Å². The number of hydrogen-bond acceptors (Lipinski definition) is 3. The van der Waals surface area contributed by atoms with E-state index in [1.54, 1.807) is 10.9 Å². The van der Waals surface area contributed by atoms with Crippen LogP contribution in [0.4, 0.5) is 0 Å². The molecule has 66 valence electrons. The maximum Gasteiger partial charge on any atom is 0.325 e. The summed E-state index contributed by atoms with van der Waals surface area (Å²) in [6.45, 7) is 2.63. The molecular formula is C7H11N3O2. The highest BCUT2D eigenvalue weighted by molar-refractivity contribution is 5.74. The minimum absolute atomic E-state index is 0.532. The van der Waals surface area contributed by atoms with Gasteiger partial charge in [0.1, 0.15) is 6.04 Å². The van der Waals surface area contributed by atoms with Crippen molar-refractivity contribution in [1.82, 2.24) is 9.78 Å². The van der Waals surface area contributed by atoms with Gasteiger partial charge >= 0.3 is 5.97 Å². The first-order chi connectivity index (χ1) is 5.65. The van der Waals surface area contributed by atoms with E-state index in [2.05, 4.69) is 5.10 Å². The summed E-state index contributed by atoms with van der Waals surface area (Å²) in [5.41, 5.74) is 5.88. The molecule has 0 aliphatic heterocycles. The van der Waals surface area contributed by atoms with E-state index in [9.17, 15) is 4.79 Å². The fraction of sp³-hybridized carbons (Fsp3) is 0.429. The molecule has 5 heteroatoms. The molecule has 0 radical (unpaired) electrons. The maximum absolute atomic E-state index is 10.4. The molecule has 0 aliphatic carbocycles. The van der Waals surface area contributed by atoms with Crippen LogP contribution in [0.25, 0.3) is 0 Å². The second kappa shape index (κ2) is 3.36. The lowest BCUT2D eigenvalue weighted by Crippen LogP contribution is -2.19. The Hall–Kier alpha value is -1.36. The summed E-state index contributed by atoms with van der Waals surface area (Å²) >= 11 is 0. The van der Waals surface area contributed by atoms with E-state index < -0.39 is 12.0 Å². The Kier molecular flexibility index (Phi) is 2.44. The first-order valence-corrected chi connectivity index (χ1v) is 3.66. The number of aryl methyl sites for hydroxylation is 1. The number of carboxylic acid groups (broad SMARTS) is 1. The van der Waals surface area contributed by atoms with Crippen molar-refractivity contribution in [3.05, 3.63) is 18.0 Å². The second-order valence-electron chi connectivity index (χ2n) is 2.45. The standard InChI is InChI=1S/C7H11N3O2/c1-2-10-4-5(3-9-10)6(8)7(11)12/h3-4,6H,2,8H2,1H3,(H,11,12). The van der Waals surface area contributed by atoms with Crippen LogP contribution in [0.5, 0.6) is 0 Å². The summed E-state index contributed by atoms with van der Waals surface area (Å²) in [5, 5.41) is 12.5. The molecule has 0 saturated carbocycles.